The number of aromatic nitrogens is 3. The molecule has 0 aromatic carbocycles. The topological polar surface area (TPSA) is 50.9 Å². The zero-order chi connectivity index (χ0) is 12.5. The van der Waals surface area contributed by atoms with Crippen molar-refractivity contribution in [1.29, 1.82) is 0 Å². The van der Waals surface area contributed by atoms with Crippen molar-refractivity contribution in [1.82, 2.24) is 14.8 Å². The van der Waals surface area contributed by atoms with Gasteiger partial charge in [-0.25, -0.2) is 4.98 Å². The Kier molecular flexibility index (Phi) is 3.18. The molecule has 0 aliphatic heterocycles. The molecular weight excluding hydrogens is 246 g/mol. The van der Waals surface area contributed by atoms with Crippen molar-refractivity contribution in [3.05, 3.63) is 34.0 Å². The lowest BCUT2D eigenvalue weighted by molar-refractivity contribution is 0.131. The van der Waals surface area contributed by atoms with Crippen molar-refractivity contribution < 1.29 is 5.11 Å². The average Bonchev–Trinajstić information content (AvgIpc) is 2.98. The van der Waals surface area contributed by atoms with E-state index in [0.29, 0.717) is 6.42 Å². The van der Waals surface area contributed by atoms with E-state index in [1.165, 1.54) is 23.3 Å². The van der Waals surface area contributed by atoms with Crippen LogP contribution in [-0.4, -0.2) is 26.0 Å². The molecule has 5 heteroatoms. The third kappa shape index (κ3) is 2.08. The predicted octanol–water partition coefficient (Wildman–Crippen LogP) is 1.90. The van der Waals surface area contributed by atoms with E-state index in [0.717, 1.165) is 12.2 Å². The predicted molar refractivity (Wildman–Crippen MR) is 70.7 cm³/mol. The molecule has 1 aliphatic carbocycles. The minimum absolute atomic E-state index is 0.261. The van der Waals surface area contributed by atoms with Gasteiger partial charge in [0.25, 0.3) is 0 Å². The standard InChI is InChI=1S/C13H17N3OS/c1-16-13(14-8-15-16)7-11(17)9-3-2-4-12-10(9)5-6-18-12/h5-6,8-9,11,17H,2-4,7H2,1H3. The molecule has 0 saturated heterocycles. The Labute approximate surface area is 110 Å². The average molecular weight is 263 g/mol. The summed E-state index contributed by atoms with van der Waals surface area (Å²) < 4.78 is 1.74. The molecule has 2 unspecified atom stereocenters. The number of thiophene rings is 1. The fourth-order valence-corrected chi connectivity index (χ4v) is 3.75. The highest BCUT2D eigenvalue weighted by Gasteiger charge is 2.28. The molecule has 18 heavy (non-hydrogen) atoms. The normalized spacial score (nSPS) is 20.7. The Morgan fingerprint density at radius 2 is 2.50 bits per heavy atom. The molecule has 1 aliphatic rings. The maximum atomic E-state index is 10.5. The number of aliphatic hydroxyl groups is 1. The molecule has 3 rings (SSSR count). The Bertz CT molecular complexity index is 534. The molecule has 2 atom stereocenters. The number of fused-ring (bicyclic) bond motifs is 1. The summed E-state index contributed by atoms with van der Waals surface area (Å²) in [6.07, 6.45) is 5.17. The number of hydrogen-bond acceptors (Lipinski definition) is 4. The molecule has 2 aromatic heterocycles. The van der Waals surface area contributed by atoms with Crippen molar-refractivity contribution in [2.24, 2.45) is 7.05 Å². The van der Waals surface area contributed by atoms with Crippen LogP contribution in [0.4, 0.5) is 0 Å². The summed E-state index contributed by atoms with van der Waals surface area (Å²) in [5.41, 5.74) is 1.35. The van der Waals surface area contributed by atoms with Crippen molar-refractivity contribution in [3.8, 4) is 0 Å². The van der Waals surface area contributed by atoms with Crippen molar-refractivity contribution in [2.45, 2.75) is 37.7 Å². The number of rotatable bonds is 3. The van der Waals surface area contributed by atoms with Crippen molar-refractivity contribution >= 4 is 11.3 Å². The van der Waals surface area contributed by atoms with E-state index < -0.39 is 0 Å². The highest BCUT2D eigenvalue weighted by atomic mass is 32.1. The van der Waals surface area contributed by atoms with Crippen LogP contribution in [0.1, 0.15) is 35.0 Å². The van der Waals surface area contributed by atoms with Gasteiger partial charge in [0.1, 0.15) is 12.2 Å². The first kappa shape index (κ1) is 11.9. The maximum Gasteiger partial charge on any atom is 0.138 e. The molecule has 4 nitrogen and oxygen atoms in total. The van der Waals surface area contributed by atoms with Gasteiger partial charge in [0.2, 0.25) is 0 Å². The van der Waals surface area contributed by atoms with E-state index in [4.69, 9.17) is 0 Å². The smallest absolute Gasteiger partial charge is 0.138 e. The van der Waals surface area contributed by atoms with E-state index >= 15 is 0 Å². The quantitative estimate of drug-likeness (QED) is 0.920. The van der Waals surface area contributed by atoms with Gasteiger partial charge in [0, 0.05) is 24.3 Å². The number of hydrogen-bond donors (Lipinski definition) is 1. The Morgan fingerprint density at radius 3 is 3.28 bits per heavy atom. The summed E-state index contributed by atoms with van der Waals surface area (Å²) in [6, 6.07) is 2.17. The summed E-state index contributed by atoms with van der Waals surface area (Å²) in [5.74, 6) is 1.11. The second-order valence-corrected chi connectivity index (χ2v) is 5.87. The van der Waals surface area contributed by atoms with E-state index in [-0.39, 0.29) is 12.0 Å². The lowest BCUT2D eigenvalue weighted by Gasteiger charge is -2.27. The lowest BCUT2D eigenvalue weighted by Crippen LogP contribution is -2.25. The Morgan fingerprint density at radius 1 is 1.61 bits per heavy atom. The monoisotopic (exact) mass is 263 g/mol. The fourth-order valence-electron chi connectivity index (χ4n) is 2.76. The third-order valence-electron chi connectivity index (χ3n) is 3.76. The number of nitrogens with zero attached hydrogens (tertiary/aromatic N) is 3. The Hall–Kier alpha value is -1.20. The largest absolute Gasteiger partial charge is 0.392 e. The van der Waals surface area contributed by atoms with Crippen LogP contribution in [0, 0.1) is 0 Å². The van der Waals surface area contributed by atoms with Gasteiger partial charge in [0.05, 0.1) is 6.10 Å². The van der Waals surface area contributed by atoms with Crippen LogP contribution in [0.15, 0.2) is 17.8 Å². The Balaban J connectivity index is 1.78. The SMILES string of the molecule is Cn1ncnc1CC(O)C1CCCc2sccc21. The van der Waals surface area contributed by atoms with E-state index in [1.54, 1.807) is 11.0 Å². The highest BCUT2D eigenvalue weighted by molar-refractivity contribution is 7.10. The van der Waals surface area contributed by atoms with Gasteiger partial charge in [0.15, 0.2) is 0 Å². The van der Waals surface area contributed by atoms with Gasteiger partial charge < -0.3 is 5.11 Å². The van der Waals surface area contributed by atoms with Crippen LogP contribution in [0.3, 0.4) is 0 Å². The molecule has 0 saturated carbocycles. The summed E-state index contributed by atoms with van der Waals surface area (Å²) in [5, 5.41) is 16.6. The van der Waals surface area contributed by atoms with Gasteiger partial charge in [-0.1, -0.05) is 0 Å². The maximum absolute atomic E-state index is 10.5. The number of aliphatic hydroxyl groups excluding tert-OH is 1. The van der Waals surface area contributed by atoms with E-state index in [9.17, 15) is 5.11 Å². The van der Waals surface area contributed by atoms with Crippen LogP contribution < -0.4 is 0 Å². The van der Waals surface area contributed by atoms with Gasteiger partial charge in [-0.05, 0) is 36.3 Å². The van der Waals surface area contributed by atoms with Crippen molar-refractivity contribution in [2.75, 3.05) is 0 Å². The third-order valence-corrected chi connectivity index (χ3v) is 4.76. The first-order chi connectivity index (χ1) is 8.75. The second kappa shape index (κ2) is 4.82. The summed E-state index contributed by atoms with van der Waals surface area (Å²) in [6.45, 7) is 0. The molecular formula is C13H17N3OS. The molecule has 0 radical (unpaired) electrons. The molecule has 0 spiro atoms. The van der Waals surface area contributed by atoms with Crippen LogP contribution in [0.2, 0.25) is 0 Å². The zero-order valence-corrected chi connectivity index (χ0v) is 11.2. The first-order valence-corrected chi connectivity index (χ1v) is 7.21. The molecule has 0 bridgehead atoms. The summed E-state index contributed by atoms with van der Waals surface area (Å²) in [7, 11) is 1.87. The highest BCUT2D eigenvalue weighted by Crippen LogP contribution is 2.37. The van der Waals surface area contributed by atoms with E-state index in [1.807, 2.05) is 18.4 Å². The minimum atomic E-state index is -0.360. The van der Waals surface area contributed by atoms with Crippen LogP contribution in [0.25, 0.3) is 0 Å². The molecule has 96 valence electrons. The summed E-state index contributed by atoms with van der Waals surface area (Å²) in [4.78, 5) is 5.64. The second-order valence-electron chi connectivity index (χ2n) is 4.87. The van der Waals surface area contributed by atoms with Crippen molar-refractivity contribution in [3.63, 3.8) is 0 Å². The van der Waals surface area contributed by atoms with Gasteiger partial charge in [-0.2, -0.15) is 5.10 Å². The fraction of sp³-hybridized carbons (Fsp3) is 0.538. The molecule has 2 aromatic rings. The van der Waals surface area contributed by atoms with Gasteiger partial charge >= 0.3 is 0 Å². The van der Waals surface area contributed by atoms with Crippen LogP contribution in [0.5, 0.6) is 0 Å². The lowest BCUT2D eigenvalue weighted by atomic mass is 9.83. The van der Waals surface area contributed by atoms with E-state index in [2.05, 4.69) is 21.5 Å². The number of aryl methyl sites for hydroxylation is 2. The molecule has 2 heterocycles. The zero-order valence-electron chi connectivity index (χ0n) is 10.4. The molecule has 0 amide bonds. The summed E-state index contributed by atoms with van der Waals surface area (Å²) >= 11 is 1.81. The van der Waals surface area contributed by atoms with Crippen LogP contribution in [-0.2, 0) is 19.9 Å². The minimum Gasteiger partial charge on any atom is -0.392 e. The van der Waals surface area contributed by atoms with Crippen LogP contribution >= 0.6 is 11.3 Å². The van der Waals surface area contributed by atoms with Gasteiger partial charge in [-0.15, -0.1) is 11.3 Å². The molecule has 1 N–H and O–H groups in total. The molecule has 0 fully saturated rings. The first-order valence-electron chi connectivity index (χ1n) is 6.33. The van der Waals surface area contributed by atoms with Gasteiger partial charge in [-0.3, -0.25) is 4.68 Å².